The predicted octanol–water partition coefficient (Wildman–Crippen LogP) is 3.40. The van der Waals surface area contributed by atoms with Gasteiger partial charge in [0, 0.05) is 6.04 Å². The molecule has 0 aromatic heterocycles. The van der Waals surface area contributed by atoms with Crippen molar-refractivity contribution in [2.24, 2.45) is 5.73 Å². The largest absolute Gasteiger partial charge is 0.494 e. The Bertz CT molecular complexity index is 352. The molecule has 1 aromatic carbocycles. The van der Waals surface area contributed by atoms with Gasteiger partial charge in [-0.15, -0.1) is 12.4 Å². The van der Waals surface area contributed by atoms with Crippen molar-refractivity contribution in [1.29, 1.82) is 0 Å². The van der Waals surface area contributed by atoms with E-state index in [1.165, 1.54) is 16.7 Å². The summed E-state index contributed by atoms with van der Waals surface area (Å²) in [6.07, 6.45) is 1.97. The summed E-state index contributed by atoms with van der Waals surface area (Å²) in [5.74, 6) is 0.994. The maximum atomic E-state index is 5.99. The van der Waals surface area contributed by atoms with Crippen LogP contribution in [0.25, 0.3) is 0 Å². The van der Waals surface area contributed by atoms with Gasteiger partial charge in [0.2, 0.25) is 0 Å². The third-order valence-corrected chi connectivity index (χ3v) is 2.94. The fourth-order valence-electron chi connectivity index (χ4n) is 1.81. The molecule has 2 nitrogen and oxygen atoms in total. The number of benzene rings is 1. The lowest BCUT2D eigenvalue weighted by molar-refractivity contribution is 0.337. The first kappa shape index (κ1) is 16.3. The molecule has 0 heterocycles. The number of ether oxygens (including phenoxy) is 1. The van der Waals surface area contributed by atoms with Crippen LogP contribution in [0.5, 0.6) is 5.75 Å². The summed E-state index contributed by atoms with van der Waals surface area (Å²) < 4.78 is 5.57. The van der Waals surface area contributed by atoms with Gasteiger partial charge < -0.3 is 10.5 Å². The molecule has 0 saturated carbocycles. The van der Waals surface area contributed by atoms with Crippen LogP contribution in [0.4, 0.5) is 0 Å². The average Bonchev–Trinajstić information content (AvgIpc) is 2.25. The molecule has 3 heteroatoms. The van der Waals surface area contributed by atoms with Crippen molar-refractivity contribution < 1.29 is 4.74 Å². The highest BCUT2D eigenvalue weighted by Crippen LogP contribution is 2.23. The third-order valence-electron chi connectivity index (χ3n) is 2.94. The van der Waals surface area contributed by atoms with Crippen LogP contribution in [0.1, 0.15) is 37.0 Å². The number of halogens is 1. The molecule has 1 unspecified atom stereocenters. The molecule has 0 spiro atoms. The van der Waals surface area contributed by atoms with Crippen LogP contribution in [0.3, 0.4) is 0 Å². The number of nitrogens with two attached hydrogens (primary N) is 1. The van der Waals surface area contributed by atoms with Crippen LogP contribution < -0.4 is 10.5 Å². The molecule has 17 heavy (non-hydrogen) atoms. The first-order chi connectivity index (χ1) is 7.58. The molecule has 0 radical (unpaired) electrons. The second-order valence-electron chi connectivity index (χ2n) is 4.35. The Morgan fingerprint density at radius 2 is 1.82 bits per heavy atom. The quantitative estimate of drug-likeness (QED) is 0.878. The second-order valence-corrected chi connectivity index (χ2v) is 4.35. The Morgan fingerprint density at radius 3 is 2.35 bits per heavy atom. The van der Waals surface area contributed by atoms with Crippen molar-refractivity contribution >= 4 is 12.4 Å². The Balaban J connectivity index is 0.00000256. The van der Waals surface area contributed by atoms with Crippen LogP contribution in [-0.2, 0) is 6.42 Å². The summed E-state index contributed by atoms with van der Waals surface area (Å²) in [7, 11) is 0. The Hall–Kier alpha value is -0.730. The molecule has 1 rings (SSSR count). The van der Waals surface area contributed by atoms with E-state index < -0.39 is 0 Å². The molecular formula is C14H24ClNO. The van der Waals surface area contributed by atoms with E-state index in [4.69, 9.17) is 10.5 Å². The molecule has 0 saturated heterocycles. The zero-order chi connectivity index (χ0) is 12.1. The van der Waals surface area contributed by atoms with Gasteiger partial charge in [-0.3, -0.25) is 0 Å². The first-order valence-corrected chi connectivity index (χ1v) is 6.07. The Kier molecular flexibility index (Phi) is 7.24. The SMILES string of the molecule is CCOc1cc(C)c(CC(N)CC)cc1C.Cl. The van der Waals surface area contributed by atoms with E-state index in [-0.39, 0.29) is 18.4 Å². The molecule has 0 amide bonds. The van der Waals surface area contributed by atoms with Crippen LogP contribution in [-0.4, -0.2) is 12.6 Å². The summed E-state index contributed by atoms with van der Waals surface area (Å²) >= 11 is 0. The van der Waals surface area contributed by atoms with Gasteiger partial charge in [-0.1, -0.05) is 13.0 Å². The Labute approximate surface area is 111 Å². The first-order valence-electron chi connectivity index (χ1n) is 6.07. The number of rotatable bonds is 5. The lowest BCUT2D eigenvalue weighted by Crippen LogP contribution is -2.21. The summed E-state index contributed by atoms with van der Waals surface area (Å²) in [6, 6.07) is 4.59. The standard InChI is InChI=1S/C14H23NO.ClH/c1-5-13(15)9-12-7-11(4)14(16-6-2)8-10(12)3;/h7-8,13H,5-6,9,15H2,1-4H3;1H. The fraction of sp³-hybridized carbons (Fsp3) is 0.571. The minimum absolute atomic E-state index is 0. The van der Waals surface area contributed by atoms with Crippen molar-refractivity contribution in [2.45, 2.75) is 46.6 Å². The normalized spacial score (nSPS) is 11.8. The monoisotopic (exact) mass is 257 g/mol. The van der Waals surface area contributed by atoms with Gasteiger partial charge in [-0.05, 0) is 56.4 Å². The molecule has 1 aromatic rings. The molecule has 0 bridgehead atoms. The minimum atomic E-state index is 0. The maximum Gasteiger partial charge on any atom is 0.122 e. The molecule has 98 valence electrons. The molecule has 0 fully saturated rings. The zero-order valence-electron chi connectivity index (χ0n) is 11.2. The van der Waals surface area contributed by atoms with Crippen molar-refractivity contribution in [1.82, 2.24) is 0 Å². The lowest BCUT2D eigenvalue weighted by atomic mass is 9.97. The summed E-state index contributed by atoms with van der Waals surface area (Å²) in [6.45, 7) is 9.07. The van der Waals surface area contributed by atoms with Crippen molar-refractivity contribution in [3.8, 4) is 5.75 Å². The Morgan fingerprint density at radius 1 is 1.18 bits per heavy atom. The van der Waals surface area contributed by atoms with E-state index in [2.05, 4.69) is 32.9 Å². The van der Waals surface area contributed by atoms with Crippen LogP contribution >= 0.6 is 12.4 Å². The van der Waals surface area contributed by atoms with Gasteiger partial charge in [0.25, 0.3) is 0 Å². The number of hydrogen-bond donors (Lipinski definition) is 1. The van der Waals surface area contributed by atoms with E-state index in [0.29, 0.717) is 6.61 Å². The highest BCUT2D eigenvalue weighted by Gasteiger charge is 2.08. The van der Waals surface area contributed by atoms with Gasteiger partial charge in [0.15, 0.2) is 0 Å². The highest BCUT2D eigenvalue weighted by atomic mass is 35.5. The van der Waals surface area contributed by atoms with Gasteiger partial charge in [0.1, 0.15) is 5.75 Å². The molecule has 0 aliphatic rings. The topological polar surface area (TPSA) is 35.2 Å². The van der Waals surface area contributed by atoms with Gasteiger partial charge >= 0.3 is 0 Å². The van der Waals surface area contributed by atoms with E-state index in [0.717, 1.165) is 18.6 Å². The zero-order valence-corrected chi connectivity index (χ0v) is 12.1. The van der Waals surface area contributed by atoms with Gasteiger partial charge in [0.05, 0.1) is 6.61 Å². The average molecular weight is 258 g/mol. The van der Waals surface area contributed by atoms with E-state index in [1.807, 2.05) is 6.92 Å². The van der Waals surface area contributed by atoms with Crippen molar-refractivity contribution in [3.63, 3.8) is 0 Å². The van der Waals surface area contributed by atoms with Crippen molar-refractivity contribution in [2.75, 3.05) is 6.61 Å². The van der Waals surface area contributed by atoms with Gasteiger partial charge in [-0.2, -0.15) is 0 Å². The predicted molar refractivity (Wildman–Crippen MR) is 76.3 cm³/mol. The van der Waals surface area contributed by atoms with E-state index in [9.17, 15) is 0 Å². The number of aryl methyl sites for hydroxylation is 2. The van der Waals surface area contributed by atoms with Crippen LogP contribution in [0, 0.1) is 13.8 Å². The highest BCUT2D eigenvalue weighted by molar-refractivity contribution is 5.85. The van der Waals surface area contributed by atoms with Crippen LogP contribution in [0.15, 0.2) is 12.1 Å². The fourth-order valence-corrected chi connectivity index (χ4v) is 1.81. The van der Waals surface area contributed by atoms with Crippen molar-refractivity contribution in [3.05, 3.63) is 28.8 Å². The van der Waals surface area contributed by atoms with Crippen LogP contribution in [0.2, 0.25) is 0 Å². The minimum Gasteiger partial charge on any atom is -0.494 e. The molecular weight excluding hydrogens is 234 g/mol. The van der Waals surface area contributed by atoms with E-state index >= 15 is 0 Å². The molecule has 0 aliphatic carbocycles. The van der Waals surface area contributed by atoms with E-state index in [1.54, 1.807) is 0 Å². The summed E-state index contributed by atoms with van der Waals surface area (Å²) in [4.78, 5) is 0. The lowest BCUT2D eigenvalue weighted by Gasteiger charge is -2.15. The molecule has 2 N–H and O–H groups in total. The molecule has 0 aliphatic heterocycles. The molecule has 1 atom stereocenters. The second kappa shape index (κ2) is 7.57. The van der Waals surface area contributed by atoms with Gasteiger partial charge in [-0.25, -0.2) is 0 Å². The summed E-state index contributed by atoms with van der Waals surface area (Å²) in [5.41, 5.74) is 9.81. The third kappa shape index (κ3) is 4.57. The number of hydrogen-bond acceptors (Lipinski definition) is 2. The summed E-state index contributed by atoms with van der Waals surface area (Å²) in [5, 5.41) is 0. The maximum absolute atomic E-state index is 5.99. The smallest absolute Gasteiger partial charge is 0.122 e.